The number of thioether (sulfide) groups is 1. The van der Waals surface area contributed by atoms with E-state index in [1.54, 1.807) is 28.8 Å². The highest BCUT2D eigenvalue weighted by molar-refractivity contribution is 9.10. The summed E-state index contributed by atoms with van der Waals surface area (Å²) in [6.07, 6.45) is 3.35. The number of rotatable bonds is 2. The maximum absolute atomic E-state index is 12.5. The zero-order valence-corrected chi connectivity index (χ0v) is 14.2. The van der Waals surface area contributed by atoms with Gasteiger partial charge in [-0.2, -0.15) is 5.26 Å². The Kier molecular flexibility index (Phi) is 5.00. The average molecular weight is 374 g/mol. The van der Waals surface area contributed by atoms with Gasteiger partial charge in [0.05, 0.1) is 16.7 Å². The Labute approximate surface area is 136 Å². The molecule has 106 valence electrons. The van der Waals surface area contributed by atoms with Crippen molar-refractivity contribution >= 4 is 45.2 Å². The Morgan fingerprint density at radius 2 is 2.15 bits per heavy atom. The van der Waals surface area contributed by atoms with Crippen LogP contribution in [0, 0.1) is 11.3 Å². The fraction of sp³-hybridized carbons (Fsp3) is 0.429. The van der Waals surface area contributed by atoms with E-state index in [-0.39, 0.29) is 10.7 Å². The summed E-state index contributed by atoms with van der Waals surface area (Å²) >= 11 is 11.0. The fourth-order valence-electron chi connectivity index (χ4n) is 2.27. The molecule has 1 saturated heterocycles. The summed E-state index contributed by atoms with van der Waals surface area (Å²) in [5, 5.41) is 9.71. The average Bonchev–Trinajstić information content (AvgIpc) is 2.47. The van der Waals surface area contributed by atoms with Gasteiger partial charge in [-0.05, 0) is 37.3 Å². The van der Waals surface area contributed by atoms with Crippen molar-refractivity contribution in [2.24, 2.45) is 0 Å². The molecule has 1 aromatic carbocycles. The molecule has 1 aromatic rings. The van der Waals surface area contributed by atoms with Crippen LogP contribution in [0.15, 0.2) is 22.7 Å². The number of piperidine rings is 1. The van der Waals surface area contributed by atoms with Gasteiger partial charge in [-0.25, -0.2) is 0 Å². The minimum Gasteiger partial charge on any atom is -0.338 e. The predicted molar refractivity (Wildman–Crippen MR) is 86.1 cm³/mol. The molecule has 1 aliphatic rings. The first-order valence-electron chi connectivity index (χ1n) is 6.22. The van der Waals surface area contributed by atoms with E-state index in [1.807, 2.05) is 12.3 Å². The van der Waals surface area contributed by atoms with E-state index in [4.69, 9.17) is 11.6 Å². The topological polar surface area (TPSA) is 44.1 Å². The van der Waals surface area contributed by atoms with E-state index in [1.165, 1.54) is 0 Å². The zero-order valence-electron chi connectivity index (χ0n) is 11.0. The molecule has 2 rings (SSSR count). The summed E-state index contributed by atoms with van der Waals surface area (Å²) in [6, 6.07) is 7.64. The number of benzene rings is 1. The molecule has 0 spiro atoms. The number of carbonyl (C=O) groups is 1. The lowest BCUT2D eigenvalue weighted by atomic mass is 9.96. The van der Waals surface area contributed by atoms with Crippen LogP contribution in [0.5, 0.6) is 0 Å². The molecule has 6 heteroatoms. The van der Waals surface area contributed by atoms with Crippen LogP contribution < -0.4 is 0 Å². The van der Waals surface area contributed by atoms with Crippen molar-refractivity contribution in [2.75, 3.05) is 19.3 Å². The van der Waals surface area contributed by atoms with E-state index in [2.05, 4.69) is 22.0 Å². The smallest absolute Gasteiger partial charge is 0.255 e. The molecule has 1 aliphatic heterocycles. The largest absolute Gasteiger partial charge is 0.338 e. The van der Waals surface area contributed by atoms with Crippen LogP contribution in [0.3, 0.4) is 0 Å². The maximum atomic E-state index is 12.5. The number of carbonyl (C=O) groups excluding carboxylic acids is 1. The SMILES string of the molecule is CSC1(C#N)CCN(C(=O)c2ccc(Br)cc2Cl)CC1. The highest BCUT2D eigenvalue weighted by atomic mass is 79.9. The molecule has 0 aromatic heterocycles. The Bertz CT molecular complexity index is 565. The van der Waals surface area contributed by atoms with Crippen LogP contribution in [-0.4, -0.2) is 34.9 Å². The molecule has 0 unspecified atom stereocenters. The van der Waals surface area contributed by atoms with Gasteiger partial charge in [0.25, 0.3) is 5.91 Å². The lowest BCUT2D eigenvalue weighted by molar-refractivity contribution is 0.0717. The molecule has 0 radical (unpaired) electrons. The van der Waals surface area contributed by atoms with E-state index < -0.39 is 0 Å². The van der Waals surface area contributed by atoms with E-state index in [9.17, 15) is 10.1 Å². The number of amides is 1. The molecular weight excluding hydrogens is 360 g/mol. The van der Waals surface area contributed by atoms with E-state index in [0.29, 0.717) is 36.5 Å². The summed E-state index contributed by atoms with van der Waals surface area (Å²) in [6.45, 7) is 1.19. The van der Waals surface area contributed by atoms with Crippen molar-refractivity contribution < 1.29 is 4.79 Å². The van der Waals surface area contributed by atoms with Gasteiger partial charge in [0.15, 0.2) is 0 Å². The monoisotopic (exact) mass is 372 g/mol. The third kappa shape index (κ3) is 3.13. The first-order chi connectivity index (χ1) is 9.51. The first kappa shape index (κ1) is 15.7. The molecule has 0 bridgehead atoms. The van der Waals surface area contributed by atoms with Crippen LogP contribution in [0.4, 0.5) is 0 Å². The van der Waals surface area contributed by atoms with Crippen molar-refractivity contribution in [3.05, 3.63) is 33.3 Å². The third-order valence-corrected chi connectivity index (χ3v) is 5.70. The molecule has 0 aliphatic carbocycles. The van der Waals surface area contributed by atoms with Crippen LogP contribution in [-0.2, 0) is 0 Å². The number of hydrogen-bond acceptors (Lipinski definition) is 3. The van der Waals surface area contributed by atoms with E-state index in [0.717, 1.165) is 4.47 Å². The van der Waals surface area contributed by atoms with Crippen LogP contribution in [0.1, 0.15) is 23.2 Å². The number of halogens is 2. The lowest BCUT2D eigenvalue weighted by Crippen LogP contribution is -2.44. The second-order valence-corrected chi connectivity index (χ2v) is 7.24. The second kappa shape index (κ2) is 6.38. The van der Waals surface area contributed by atoms with Crippen molar-refractivity contribution in [1.82, 2.24) is 4.90 Å². The Hall–Kier alpha value is -0.700. The van der Waals surface area contributed by atoms with Gasteiger partial charge >= 0.3 is 0 Å². The summed E-state index contributed by atoms with van der Waals surface area (Å²) < 4.78 is 0.504. The highest BCUT2D eigenvalue weighted by Crippen LogP contribution is 2.34. The molecule has 1 amide bonds. The number of hydrogen-bond donors (Lipinski definition) is 0. The molecular formula is C14H14BrClN2OS. The minimum absolute atomic E-state index is 0.0601. The summed E-state index contributed by atoms with van der Waals surface area (Å²) in [5.74, 6) is -0.0601. The standard InChI is InChI=1S/C14H14BrClN2OS/c1-20-14(9-17)4-6-18(7-5-14)13(19)11-3-2-10(15)8-12(11)16/h2-3,8H,4-7H2,1H3. The second-order valence-electron chi connectivity index (χ2n) is 4.73. The Morgan fingerprint density at radius 1 is 1.50 bits per heavy atom. The molecule has 20 heavy (non-hydrogen) atoms. The number of nitrogens with zero attached hydrogens (tertiary/aromatic N) is 2. The molecule has 1 heterocycles. The molecule has 0 saturated carbocycles. The number of likely N-dealkylation sites (tertiary alicyclic amines) is 1. The van der Waals surface area contributed by atoms with Crippen molar-refractivity contribution in [1.29, 1.82) is 5.26 Å². The van der Waals surface area contributed by atoms with Crippen molar-refractivity contribution in [3.8, 4) is 6.07 Å². The summed E-state index contributed by atoms with van der Waals surface area (Å²) in [4.78, 5) is 14.2. The van der Waals surface area contributed by atoms with Gasteiger partial charge in [-0.15, -0.1) is 11.8 Å². The Morgan fingerprint density at radius 3 is 2.65 bits per heavy atom. The Balaban J connectivity index is 2.11. The summed E-state index contributed by atoms with van der Waals surface area (Å²) in [7, 11) is 0. The van der Waals surface area contributed by atoms with Crippen molar-refractivity contribution in [3.63, 3.8) is 0 Å². The maximum Gasteiger partial charge on any atom is 0.255 e. The molecule has 0 N–H and O–H groups in total. The lowest BCUT2D eigenvalue weighted by Gasteiger charge is -2.36. The van der Waals surface area contributed by atoms with Gasteiger partial charge in [-0.3, -0.25) is 4.79 Å². The third-order valence-electron chi connectivity index (χ3n) is 3.61. The van der Waals surface area contributed by atoms with Crippen molar-refractivity contribution in [2.45, 2.75) is 17.6 Å². The molecule has 0 atom stereocenters. The van der Waals surface area contributed by atoms with Gasteiger partial charge < -0.3 is 4.90 Å². The minimum atomic E-state index is -0.347. The quantitative estimate of drug-likeness (QED) is 0.788. The van der Waals surface area contributed by atoms with E-state index >= 15 is 0 Å². The summed E-state index contributed by atoms with van der Waals surface area (Å²) in [5.41, 5.74) is 0.517. The molecule has 3 nitrogen and oxygen atoms in total. The first-order valence-corrected chi connectivity index (χ1v) is 8.61. The van der Waals surface area contributed by atoms with Gasteiger partial charge in [0.1, 0.15) is 4.75 Å². The highest BCUT2D eigenvalue weighted by Gasteiger charge is 2.35. The molecule has 1 fully saturated rings. The van der Waals surface area contributed by atoms with Gasteiger partial charge in [0.2, 0.25) is 0 Å². The number of nitriles is 1. The van der Waals surface area contributed by atoms with Gasteiger partial charge in [-0.1, -0.05) is 27.5 Å². The van der Waals surface area contributed by atoms with Crippen LogP contribution in [0.2, 0.25) is 5.02 Å². The zero-order chi connectivity index (χ0) is 14.8. The van der Waals surface area contributed by atoms with Gasteiger partial charge in [0, 0.05) is 17.6 Å². The van der Waals surface area contributed by atoms with Crippen LogP contribution >= 0.6 is 39.3 Å². The normalized spacial score (nSPS) is 17.6. The fourth-order valence-corrected chi connectivity index (χ4v) is 3.70. The van der Waals surface area contributed by atoms with Crippen LogP contribution in [0.25, 0.3) is 0 Å². The predicted octanol–water partition coefficient (Wildman–Crippen LogP) is 3.96.